The van der Waals surface area contributed by atoms with E-state index >= 15 is 0 Å². The second-order valence-corrected chi connectivity index (χ2v) is 13.5. The Morgan fingerprint density at radius 2 is 1.55 bits per heavy atom. The molecule has 0 radical (unpaired) electrons. The number of hydrogen-bond acceptors (Lipinski definition) is 15. The Morgan fingerprint density at radius 1 is 0.911 bits per heavy atom. The molecule has 3 amide bonds. The van der Waals surface area contributed by atoms with Crippen molar-refractivity contribution >= 4 is 58.1 Å². The number of aromatic amines is 1. The van der Waals surface area contributed by atoms with Crippen LogP contribution in [0.15, 0.2) is 47.4 Å². The van der Waals surface area contributed by atoms with Gasteiger partial charge in [0.15, 0.2) is 17.0 Å². The number of imide groups is 1. The van der Waals surface area contributed by atoms with E-state index < -0.39 is 41.1 Å². The Morgan fingerprint density at radius 3 is 2.20 bits per heavy atom. The summed E-state index contributed by atoms with van der Waals surface area (Å²) in [6.07, 6.45) is 8.75. The van der Waals surface area contributed by atoms with Crippen LogP contribution in [0.3, 0.4) is 0 Å². The number of Topliss-reactive ketones (excluding diaryl/α,β-unsaturated/α-hetero) is 2. The van der Waals surface area contributed by atoms with Crippen molar-refractivity contribution in [3.05, 3.63) is 64.2 Å². The molecule has 0 saturated heterocycles. The number of hydrogen-bond donors (Lipinski definition) is 4. The number of fused-ring (bicyclic) bond motifs is 1. The van der Waals surface area contributed by atoms with E-state index in [0.29, 0.717) is 50.3 Å². The van der Waals surface area contributed by atoms with E-state index in [1.165, 1.54) is 25.5 Å². The van der Waals surface area contributed by atoms with E-state index in [-0.39, 0.29) is 79.4 Å². The average molecular weight is 775 g/mol. The number of benzene rings is 1. The van der Waals surface area contributed by atoms with Crippen LogP contribution in [-0.4, -0.2) is 98.8 Å². The van der Waals surface area contributed by atoms with E-state index in [2.05, 4.69) is 30.6 Å². The number of amides is 3. The van der Waals surface area contributed by atoms with E-state index in [0.717, 1.165) is 17.7 Å². The number of carbonyl (C=O) groups excluding carboxylic acids is 6. The first-order valence-electron chi connectivity index (χ1n) is 18.5. The summed E-state index contributed by atoms with van der Waals surface area (Å²) in [4.78, 5) is 102. The second-order valence-electron chi connectivity index (χ2n) is 13.5. The fourth-order valence-electron chi connectivity index (χ4n) is 6.36. The van der Waals surface area contributed by atoms with Gasteiger partial charge in [0, 0.05) is 68.5 Å². The Balaban J connectivity index is 0.994. The van der Waals surface area contributed by atoms with Crippen LogP contribution in [0.4, 0.5) is 11.6 Å². The van der Waals surface area contributed by atoms with Gasteiger partial charge in [-0.25, -0.2) is 14.8 Å². The van der Waals surface area contributed by atoms with Crippen molar-refractivity contribution in [2.24, 2.45) is 0 Å². The molecule has 298 valence electrons. The van der Waals surface area contributed by atoms with Crippen LogP contribution in [0.1, 0.15) is 86.7 Å². The van der Waals surface area contributed by atoms with Gasteiger partial charge in [-0.1, -0.05) is 0 Å². The number of nitrogens with two attached hydrogens (primary N) is 1. The highest BCUT2D eigenvalue weighted by Crippen LogP contribution is 2.35. The number of methoxy groups -OCH3 is 1. The first kappa shape index (κ1) is 41.3. The Labute approximate surface area is 322 Å². The highest BCUT2D eigenvalue weighted by atomic mass is 16.7. The van der Waals surface area contributed by atoms with Gasteiger partial charge < -0.3 is 30.6 Å². The normalized spacial score (nSPS) is 15.3. The van der Waals surface area contributed by atoms with Crippen molar-refractivity contribution < 1.29 is 43.0 Å². The SMILES string of the molecule is COC(=O)[C@H](CCC(=O)CCCOC1(OCCCC(=O)CCN2C(=O)C=CC2=O)CCCC1)NC(=O)c1ccc(NCc2cnc3nc(N)[nH]c(=O)c3n2)cc1. The van der Waals surface area contributed by atoms with Gasteiger partial charge >= 0.3 is 5.97 Å². The third-order valence-electron chi connectivity index (χ3n) is 9.42. The van der Waals surface area contributed by atoms with Crippen molar-refractivity contribution in [2.45, 2.75) is 89.0 Å². The minimum atomic E-state index is -1.03. The number of aromatic nitrogens is 4. The first-order valence-corrected chi connectivity index (χ1v) is 18.5. The summed E-state index contributed by atoms with van der Waals surface area (Å²) < 4.78 is 17.1. The van der Waals surface area contributed by atoms with E-state index in [1.807, 2.05) is 0 Å². The molecule has 18 heteroatoms. The van der Waals surface area contributed by atoms with Crippen LogP contribution in [0.25, 0.3) is 11.2 Å². The number of H-pyrrole nitrogens is 1. The Kier molecular flexibility index (Phi) is 14.5. The van der Waals surface area contributed by atoms with E-state index in [9.17, 15) is 33.6 Å². The third-order valence-corrected chi connectivity index (χ3v) is 9.42. The summed E-state index contributed by atoms with van der Waals surface area (Å²) in [5.41, 5.74) is 6.67. The smallest absolute Gasteiger partial charge is 0.328 e. The lowest BCUT2D eigenvalue weighted by Crippen LogP contribution is -2.41. The molecule has 2 aromatic heterocycles. The molecule has 0 bridgehead atoms. The van der Waals surface area contributed by atoms with Crippen LogP contribution in [0, 0.1) is 0 Å². The maximum Gasteiger partial charge on any atom is 0.328 e. The molecule has 1 fully saturated rings. The van der Waals surface area contributed by atoms with Gasteiger partial charge in [0.1, 0.15) is 17.6 Å². The van der Waals surface area contributed by atoms with Gasteiger partial charge in [0.2, 0.25) is 5.95 Å². The summed E-state index contributed by atoms with van der Waals surface area (Å²) >= 11 is 0. The summed E-state index contributed by atoms with van der Waals surface area (Å²) in [5, 5.41) is 5.80. The van der Waals surface area contributed by atoms with Gasteiger partial charge in [-0.15, -0.1) is 0 Å². The summed E-state index contributed by atoms with van der Waals surface area (Å²) in [7, 11) is 1.21. The standard InChI is InChI=1S/C38H46N8O10/c1-54-36(53)29(43-34(51)24-8-10-25(11-9-24)40-22-26-23-41-33-32(42-26)35(52)45-37(39)44-33)13-12-27(47)6-4-20-55-38(17-2-3-18-38)56-21-5-7-28(48)16-19-46-30(49)14-15-31(46)50/h8-11,14-15,23,29,40H,2-7,12-13,16-22H2,1H3,(H,43,51)(H3,39,41,44,45,52)/t29-/m0/s1. The van der Waals surface area contributed by atoms with Crippen LogP contribution >= 0.6 is 0 Å². The monoisotopic (exact) mass is 774 g/mol. The maximum absolute atomic E-state index is 13.0. The number of ketones is 2. The summed E-state index contributed by atoms with van der Waals surface area (Å²) in [5.74, 6) is -2.97. The number of ether oxygens (including phenoxy) is 3. The number of rotatable bonds is 22. The zero-order valence-corrected chi connectivity index (χ0v) is 31.2. The number of esters is 1. The molecule has 18 nitrogen and oxygen atoms in total. The molecule has 56 heavy (non-hydrogen) atoms. The van der Waals surface area contributed by atoms with Crippen LogP contribution in [0.2, 0.25) is 0 Å². The molecule has 2 aliphatic rings. The zero-order chi connectivity index (χ0) is 40.1. The first-order chi connectivity index (χ1) is 26.9. The molecule has 1 saturated carbocycles. The lowest BCUT2D eigenvalue weighted by atomic mass is 10.1. The number of carbonyl (C=O) groups is 6. The third kappa shape index (κ3) is 11.6. The van der Waals surface area contributed by atoms with Gasteiger partial charge in [0.05, 0.1) is 38.8 Å². The minimum absolute atomic E-state index is 0.0438. The predicted octanol–water partition coefficient (Wildman–Crippen LogP) is 2.28. The molecule has 3 heterocycles. The van der Waals surface area contributed by atoms with E-state index in [1.54, 1.807) is 24.3 Å². The highest BCUT2D eigenvalue weighted by molar-refractivity contribution is 6.13. The van der Waals surface area contributed by atoms with Crippen LogP contribution in [0.5, 0.6) is 0 Å². The molecular weight excluding hydrogens is 728 g/mol. The summed E-state index contributed by atoms with van der Waals surface area (Å²) in [6.45, 7) is 0.907. The van der Waals surface area contributed by atoms with Gasteiger partial charge in [0.25, 0.3) is 23.3 Å². The lowest BCUT2D eigenvalue weighted by molar-refractivity contribution is -0.233. The number of anilines is 2. The molecule has 3 aromatic rings. The van der Waals surface area contributed by atoms with Crippen molar-refractivity contribution in [2.75, 3.05) is 37.9 Å². The molecule has 0 unspecified atom stereocenters. The average Bonchev–Trinajstić information content (AvgIpc) is 3.79. The Hall–Kier alpha value is -5.88. The van der Waals surface area contributed by atoms with Crippen molar-refractivity contribution in [3.8, 4) is 0 Å². The highest BCUT2D eigenvalue weighted by Gasteiger charge is 2.36. The second kappa shape index (κ2) is 19.6. The fraction of sp³-hybridized carbons (Fsp3) is 0.474. The molecule has 1 aromatic carbocycles. The van der Waals surface area contributed by atoms with Gasteiger partial charge in [-0.2, -0.15) is 4.98 Å². The number of nitrogens with zero attached hydrogens (tertiary/aromatic N) is 4. The summed E-state index contributed by atoms with van der Waals surface area (Å²) in [6, 6.07) is 5.46. The molecular formula is C38H46N8O10. The van der Waals surface area contributed by atoms with Crippen molar-refractivity contribution in [1.29, 1.82) is 0 Å². The molecule has 1 aliphatic carbocycles. The zero-order valence-electron chi connectivity index (χ0n) is 31.2. The quantitative estimate of drug-likeness (QED) is 0.0494. The molecule has 1 atom stereocenters. The van der Waals surface area contributed by atoms with E-state index in [4.69, 9.17) is 19.9 Å². The predicted molar refractivity (Wildman–Crippen MR) is 201 cm³/mol. The number of nitrogens with one attached hydrogen (secondary N) is 3. The minimum Gasteiger partial charge on any atom is -0.467 e. The molecule has 1 aliphatic heterocycles. The lowest BCUT2D eigenvalue weighted by Gasteiger charge is -2.29. The topological polar surface area (TPSA) is 255 Å². The molecule has 5 rings (SSSR count). The van der Waals surface area contributed by atoms with Crippen LogP contribution < -0.4 is 21.9 Å². The van der Waals surface area contributed by atoms with Crippen molar-refractivity contribution in [3.63, 3.8) is 0 Å². The molecule has 0 spiro atoms. The fourth-order valence-corrected chi connectivity index (χ4v) is 6.36. The van der Waals surface area contributed by atoms with Gasteiger partial charge in [-0.3, -0.25) is 38.7 Å². The van der Waals surface area contributed by atoms with Gasteiger partial charge in [-0.05, 0) is 56.4 Å². The van der Waals surface area contributed by atoms with Crippen LogP contribution in [-0.2, 0) is 44.7 Å². The number of nitrogen functional groups attached to an aromatic ring is 1. The maximum atomic E-state index is 13.0. The molecule has 5 N–H and O–H groups in total. The largest absolute Gasteiger partial charge is 0.467 e. The van der Waals surface area contributed by atoms with Crippen molar-refractivity contribution in [1.82, 2.24) is 30.2 Å². The Bertz CT molecular complexity index is 1990.